The molecule has 21 heavy (non-hydrogen) atoms. The Balaban J connectivity index is 2.13. The van der Waals surface area contributed by atoms with Crippen LogP contribution in [0.15, 0.2) is 66.9 Å². The molecule has 0 saturated carbocycles. The highest BCUT2D eigenvalue weighted by Crippen LogP contribution is 2.31. The number of aryl methyl sites for hydroxylation is 1. The molecule has 102 valence electrons. The molecule has 0 aliphatic heterocycles. The van der Waals surface area contributed by atoms with Crippen LogP contribution in [0.4, 0.5) is 0 Å². The zero-order chi connectivity index (χ0) is 14.5. The van der Waals surface area contributed by atoms with E-state index in [-0.39, 0.29) is 0 Å². The van der Waals surface area contributed by atoms with Crippen molar-refractivity contribution in [3.8, 4) is 28.5 Å². The molecule has 0 fully saturated rings. The summed E-state index contributed by atoms with van der Waals surface area (Å²) in [6.07, 6.45) is 2.34. The van der Waals surface area contributed by atoms with Crippen LogP contribution in [0, 0.1) is 11.3 Å². The Morgan fingerprint density at radius 2 is 1.52 bits per heavy atom. The van der Waals surface area contributed by atoms with Gasteiger partial charge in [0.05, 0.1) is 30.9 Å². The minimum Gasteiger partial charge on any atom is -0.263 e. The minimum absolute atomic E-state index is 0.454. The van der Waals surface area contributed by atoms with Crippen LogP contribution in [-0.4, -0.2) is 9.78 Å². The summed E-state index contributed by atoms with van der Waals surface area (Å²) in [7, 11) is 0. The van der Waals surface area contributed by atoms with E-state index in [4.69, 9.17) is 5.26 Å². The zero-order valence-corrected chi connectivity index (χ0v) is 11.6. The van der Waals surface area contributed by atoms with Crippen LogP contribution in [0.2, 0.25) is 0 Å². The molecule has 0 spiro atoms. The molecule has 0 amide bonds. The molecule has 1 heterocycles. The van der Waals surface area contributed by atoms with E-state index in [0.717, 1.165) is 22.4 Å². The first-order valence-electron chi connectivity index (χ1n) is 6.94. The third-order valence-electron chi connectivity index (χ3n) is 3.41. The van der Waals surface area contributed by atoms with Gasteiger partial charge in [-0.25, -0.2) is 0 Å². The Bertz CT molecular complexity index is 752. The first-order chi connectivity index (χ1) is 10.4. The quantitative estimate of drug-likeness (QED) is 0.717. The van der Waals surface area contributed by atoms with Gasteiger partial charge in [0.15, 0.2) is 0 Å². The van der Waals surface area contributed by atoms with Crippen molar-refractivity contribution in [2.75, 3.05) is 0 Å². The maximum absolute atomic E-state index is 8.82. The number of nitriles is 1. The zero-order valence-electron chi connectivity index (χ0n) is 11.6. The maximum atomic E-state index is 8.82. The van der Waals surface area contributed by atoms with Crippen LogP contribution in [0.25, 0.3) is 22.4 Å². The summed E-state index contributed by atoms with van der Waals surface area (Å²) in [5.74, 6) is 0. The molecule has 1 aromatic heterocycles. The van der Waals surface area contributed by atoms with Crippen LogP contribution in [-0.2, 0) is 6.54 Å². The lowest BCUT2D eigenvalue weighted by Crippen LogP contribution is -2.02. The molecule has 3 aromatic rings. The average molecular weight is 273 g/mol. The minimum atomic E-state index is 0.454. The highest BCUT2D eigenvalue weighted by Gasteiger charge is 2.13. The molecule has 0 saturated heterocycles. The van der Waals surface area contributed by atoms with E-state index in [9.17, 15) is 0 Å². The summed E-state index contributed by atoms with van der Waals surface area (Å²) in [6, 6.07) is 22.6. The Morgan fingerprint density at radius 3 is 2.14 bits per heavy atom. The van der Waals surface area contributed by atoms with Gasteiger partial charge in [0.2, 0.25) is 0 Å². The highest BCUT2D eigenvalue weighted by molar-refractivity contribution is 5.80. The van der Waals surface area contributed by atoms with E-state index < -0.39 is 0 Å². The van der Waals surface area contributed by atoms with Crippen molar-refractivity contribution in [1.29, 1.82) is 5.26 Å². The number of nitrogens with zero attached hydrogens (tertiary/aromatic N) is 3. The number of hydrogen-bond acceptors (Lipinski definition) is 2. The lowest BCUT2D eigenvalue weighted by atomic mass is 10.0. The third kappa shape index (κ3) is 2.70. The van der Waals surface area contributed by atoms with Crippen molar-refractivity contribution >= 4 is 0 Å². The van der Waals surface area contributed by atoms with Crippen LogP contribution in [0.5, 0.6) is 0 Å². The summed E-state index contributed by atoms with van der Waals surface area (Å²) in [5.41, 5.74) is 4.42. The van der Waals surface area contributed by atoms with Gasteiger partial charge in [-0.1, -0.05) is 60.7 Å². The molecule has 2 aromatic carbocycles. The van der Waals surface area contributed by atoms with E-state index in [2.05, 4.69) is 35.4 Å². The second-order valence-electron chi connectivity index (χ2n) is 4.77. The standard InChI is InChI=1S/C18H15N3/c19-12-7-13-21-18(16-10-5-2-6-11-16)17(14-20-21)15-8-3-1-4-9-15/h1-6,8-11,14H,7,13H2. The topological polar surface area (TPSA) is 41.6 Å². The fourth-order valence-corrected chi connectivity index (χ4v) is 2.44. The number of aromatic nitrogens is 2. The molecule has 3 heteroatoms. The van der Waals surface area contributed by atoms with Crippen molar-refractivity contribution in [2.45, 2.75) is 13.0 Å². The highest BCUT2D eigenvalue weighted by atomic mass is 15.3. The van der Waals surface area contributed by atoms with Crippen LogP contribution < -0.4 is 0 Å². The SMILES string of the molecule is N#CCCn1ncc(-c2ccccc2)c1-c1ccccc1. The van der Waals surface area contributed by atoms with Crippen molar-refractivity contribution in [3.63, 3.8) is 0 Å². The van der Waals surface area contributed by atoms with Gasteiger partial charge in [-0.15, -0.1) is 0 Å². The molecule has 0 N–H and O–H groups in total. The van der Waals surface area contributed by atoms with Gasteiger partial charge < -0.3 is 0 Å². The van der Waals surface area contributed by atoms with Crippen LogP contribution in [0.1, 0.15) is 6.42 Å². The Kier molecular flexibility index (Phi) is 3.79. The van der Waals surface area contributed by atoms with Crippen molar-refractivity contribution in [2.24, 2.45) is 0 Å². The van der Waals surface area contributed by atoms with Crippen molar-refractivity contribution in [3.05, 3.63) is 66.9 Å². The summed E-state index contributed by atoms with van der Waals surface area (Å²) in [5, 5.41) is 13.3. The number of hydrogen-bond donors (Lipinski definition) is 0. The first-order valence-corrected chi connectivity index (χ1v) is 6.94. The number of benzene rings is 2. The summed E-state index contributed by atoms with van der Waals surface area (Å²) >= 11 is 0. The Hall–Kier alpha value is -2.86. The molecule has 0 atom stereocenters. The van der Waals surface area contributed by atoms with Gasteiger partial charge in [0.25, 0.3) is 0 Å². The van der Waals surface area contributed by atoms with Gasteiger partial charge in [-0.3, -0.25) is 4.68 Å². The predicted molar refractivity (Wildman–Crippen MR) is 83.3 cm³/mol. The lowest BCUT2D eigenvalue weighted by molar-refractivity contribution is 0.634. The van der Waals surface area contributed by atoms with Gasteiger partial charge in [-0.05, 0) is 5.56 Å². The average Bonchev–Trinajstić information content (AvgIpc) is 2.98. The van der Waals surface area contributed by atoms with E-state index in [1.165, 1.54) is 0 Å². The fraction of sp³-hybridized carbons (Fsp3) is 0.111. The molecule has 0 aliphatic rings. The second kappa shape index (κ2) is 6.06. The molecule has 0 bridgehead atoms. The van der Waals surface area contributed by atoms with Gasteiger partial charge >= 0.3 is 0 Å². The van der Waals surface area contributed by atoms with E-state index in [0.29, 0.717) is 13.0 Å². The van der Waals surface area contributed by atoms with Crippen molar-refractivity contribution in [1.82, 2.24) is 9.78 Å². The predicted octanol–water partition coefficient (Wildman–Crippen LogP) is 4.13. The van der Waals surface area contributed by atoms with Gasteiger partial charge in [0.1, 0.15) is 0 Å². The normalized spacial score (nSPS) is 10.2. The fourth-order valence-electron chi connectivity index (χ4n) is 2.44. The molecule has 0 unspecified atom stereocenters. The van der Waals surface area contributed by atoms with E-state index in [1.807, 2.05) is 47.3 Å². The first kappa shape index (κ1) is 13.1. The molecular weight excluding hydrogens is 258 g/mol. The molecule has 3 rings (SSSR count). The summed E-state index contributed by atoms with van der Waals surface area (Å²) < 4.78 is 1.92. The second-order valence-corrected chi connectivity index (χ2v) is 4.77. The molecular formula is C18H15N3. The third-order valence-corrected chi connectivity index (χ3v) is 3.41. The number of rotatable bonds is 4. The smallest absolute Gasteiger partial charge is 0.0761 e. The van der Waals surface area contributed by atoms with Gasteiger partial charge in [0, 0.05) is 11.1 Å². The summed E-state index contributed by atoms with van der Waals surface area (Å²) in [4.78, 5) is 0. The van der Waals surface area contributed by atoms with E-state index >= 15 is 0 Å². The van der Waals surface area contributed by atoms with Crippen molar-refractivity contribution < 1.29 is 0 Å². The monoisotopic (exact) mass is 273 g/mol. The molecule has 0 aliphatic carbocycles. The summed E-state index contributed by atoms with van der Waals surface area (Å²) in [6.45, 7) is 0.605. The molecule has 3 nitrogen and oxygen atoms in total. The van der Waals surface area contributed by atoms with Crippen LogP contribution >= 0.6 is 0 Å². The largest absolute Gasteiger partial charge is 0.263 e. The van der Waals surface area contributed by atoms with E-state index in [1.54, 1.807) is 0 Å². The van der Waals surface area contributed by atoms with Gasteiger partial charge in [-0.2, -0.15) is 10.4 Å². The van der Waals surface area contributed by atoms with Crippen LogP contribution in [0.3, 0.4) is 0 Å². The lowest BCUT2D eigenvalue weighted by Gasteiger charge is -2.09. The Labute approximate surface area is 124 Å². The molecule has 0 radical (unpaired) electrons. The Morgan fingerprint density at radius 1 is 0.905 bits per heavy atom. The maximum Gasteiger partial charge on any atom is 0.0761 e.